The number of nitriles is 1. The van der Waals surface area contributed by atoms with Gasteiger partial charge in [-0.3, -0.25) is 5.41 Å². The molecule has 0 saturated carbocycles. The molecule has 0 aromatic heterocycles. The van der Waals surface area contributed by atoms with Crippen LogP contribution in [0.3, 0.4) is 0 Å². The van der Waals surface area contributed by atoms with E-state index in [9.17, 15) is 0 Å². The van der Waals surface area contributed by atoms with E-state index in [0.717, 1.165) is 0 Å². The highest BCUT2D eigenvalue weighted by molar-refractivity contribution is 6.07. The summed E-state index contributed by atoms with van der Waals surface area (Å²) in [6, 6.07) is 1.69. The van der Waals surface area contributed by atoms with E-state index in [2.05, 4.69) is 0 Å². The minimum Gasteiger partial charge on any atom is -0.487 e. The zero-order chi connectivity index (χ0) is 7.40. The molecule has 50 valence electrons. The minimum absolute atomic E-state index is 0.121. The molecule has 0 radical (unpaired) electrons. The van der Waals surface area contributed by atoms with Gasteiger partial charge in [0.15, 0.2) is 11.5 Å². The van der Waals surface area contributed by atoms with Gasteiger partial charge in [0, 0.05) is 0 Å². The fraction of sp³-hybridized carbons (Fsp3) is 0.143. The van der Waals surface area contributed by atoms with Crippen LogP contribution in [0.5, 0.6) is 0 Å². The van der Waals surface area contributed by atoms with Gasteiger partial charge in [0.2, 0.25) is 0 Å². The fourth-order valence-electron chi connectivity index (χ4n) is 0.608. The van der Waals surface area contributed by atoms with Crippen molar-refractivity contribution in [1.29, 1.82) is 10.7 Å². The average Bonchev–Trinajstić information content (AvgIpc) is 2.05. The number of hydrogen-bond acceptors (Lipinski definition) is 3. The van der Waals surface area contributed by atoms with Gasteiger partial charge in [-0.2, -0.15) is 5.26 Å². The molecular weight excluding hydrogens is 128 g/mol. The highest BCUT2D eigenvalue weighted by Crippen LogP contribution is 2.04. The zero-order valence-electron chi connectivity index (χ0n) is 5.29. The van der Waals surface area contributed by atoms with Gasteiger partial charge in [-0.15, -0.1) is 0 Å². The SMILES string of the molecule is N#CC(=N)C1=CC=CCO1. The van der Waals surface area contributed by atoms with Crippen molar-refractivity contribution in [2.45, 2.75) is 0 Å². The lowest BCUT2D eigenvalue weighted by Crippen LogP contribution is -2.05. The van der Waals surface area contributed by atoms with Gasteiger partial charge in [0.1, 0.15) is 12.7 Å². The summed E-state index contributed by atoms with van der Waals surface area (Å²) in [5.41, 5.74) is -0.121. The first kappa shape index (κ1) is 6.56. The van der Waals surface area contributed by atoms with Gasteiger partial charge in [-0.1, -0.05) is 6.08 Å². The second kappa shape index (κ2) is 2.83. The van der Waals surface area contributed by atoms with Crippen molar-refractivity contribution in [3.63, 3.8) is 0 Å². The molecule has 3 heteroatoms. The summed E-state index contributed by atoms with van der Waals surface area (Å²) in [6.07, 6.45) is 5.19. The van der Waals surface area contributed by atoms with E-state index in [4.69, 9.17) is 15.4 Å². The lowest BCUT2D eigenvalue weighted by molar-refractivity contribution is 0.265. The molecule has 0 aromatic rings. The Morgan fingerprint density at radius 3 is 3.10 bits per heavy atom. The molecule has 0 bridgehead atoms. The van der Waals surface area contributed by atoms with E-state index in [0.29, 0.717) is 12.4 Å². The van der Waals surface area contributed by atoms with Crippen LogP contribution in [-0.2, 0) is 4.74 Å². The smallest absolute Gasteiger partial charge is 0.174 e. The van der Waals surface area contributed by atoms with E-state index in [-0.39, 0.29) is 5.71 Å². The van der Waals surface area contributed by atoms with Crippen LogP contribution in [0.15, 0.2) is 24.0 Å². The van der Waals surface area contributed by atoms with Crippen LogP contribution in [0, 0.1) is 16.7 Å². The number of ether oxygens (including phenoxy) is 1. The molecule has 0 aromatic carbocycles. The maximum absolute atomic E-state index is 8.27. The molecule has 0 unspecified atom stereocenters. The molecule has 1 heterocycles. The second-order valence-corrected chi connectivity index (χ2v) is 1.76. The molecule has 1 aliphatic heterocycles. The van der Waals surface area contributed by atoms with E-state index in [1.54, 1.807) is 18.2 Å². The van der Waals surface area contributed by atoms with Crippen LogP contribution in [0.25, 0.3) is 0 Å². The Morgan fingerprint density at radius 1 is 1.80 bits per heavy atom. The van der Waals surface area contributed by atoms with E-state index in [1.165, 1.54) is 0 Å². The fourth-order valence-corrected chi connectivity index (χ4v) is 0.608. The van der Waals surface area contributed by atoms with Crippen LogP contribution in [-0.4, -0.2) is 12.3 Å². The molecule has 0 atom stereocenters. The molecule has 0 aliphatic carbocycles. The first-order valence-electron chi connectivity index (χ1n) is 2.83. The van der Waals surface area contributed by atoms with Gasteiger partial charge in [0.25, 0.3) is 0 Å². The molecule has 1 aliphatic rings. The summed E-state index contributed by atoms with van der Waals surface area (Å²) in [5.74, 6) is 0.352. The van der Waals surface area contributed by atoms with E-state index < -0.39 is 0 Å². The number of hydrogen-bond donors (Lipinski definition) is 1. The largest absolute Gasteiger partial charge is 0.487 e. The third kappa shape index (κ3) is 1.23. The molecule has 0 amide bonds. The van der Waals surface area contributed by atoms with Crippen molar-refractivity contribution in [3.05, 3.63) is 24.0 Å². The van der Waals surface area contributed by atoms with Gasteiger partial charge in [0.05, 0.1) is 0 Å². The molecule has 1 N–H and O–H groups in total. The Morgan fingerprint density at radius 2 is 2.60 bits per heavy atom. The van der Waals surface area contributed by atoms with E-state index >= 15 is 0 Å². The highest BCUT2D eigenvalue weighted by atomic mass is 16.5. The van der Waals surface area contributed by atoms with Crippen LogP contribution in [0.1, 0.15) is 0 Å². The minimum atomic E-state index is -0.121. The maximum Gasteiger partial charge on any atom is 0.174 e. The number of nitrogens with one attached hydrogen (secondary N) is 1. The monoisotopic (exact) mass is 134 g/mol. The molecule has 0 saturated heterocycles. The summed E-state index contributed by atoms with van der Waals surface area (Å²) < 4.78 is 4.96. The normalized spacial score (nSPS) is 14.9. The Hall–Kier alpha value is -1.56. The Kier molecular flexibility index (Phi) is 1.86. The van der Waals surface area contributed by atoms with Crippen molar-refractivity contribution < 1.29 is 4.74 Å². The van der Waals surface area contributed by atoms with Crippen molar-refractivity contribution in [1.82, 2.24) is 0 Å². The first-order valence-corrected chi connectivity index (χ1v) is 2.83. The van der Waals surface area contributed by atoms with Crippen LogP contribution >= 0.6 is 0 Å². The predicted octanol–water partition coefficient (Wildman–Crippen LogP) is 1.00. The summed E-state index contributed by atoms with van der Waals surface area (Å²) in [5, 5.41) is 15.3. The van der Waals surface area contributed by atoms with Crippen LogP contribution in [0.4, 0.5) is 0 Å². The topological polar surface area (TPSA) is 56.9 Å². The summed E-state index contributed by atoms with van der Waals surface area (Å²) in [6.45, 7) is 0.454. The summed E-state index contributed by atoms with van der Waals surface area (Å²) in [7, 11) is 0. The van der Waals surface area contributed by atoms with Gasteiger partial charge < -0.3 is 4.74 Å². The van der Waals surface area contributed by atoms with Gasteiger partial charge in [-0.05, 0) is 12.2 Å². The number of nitrogens with zero attached hydrogens (tertiary/aromatic N) is 1. The highest BCUT2D eigenvalue weighted by Gasteiger charge is 2.04. The summed E-state index contributed by atoms with van der Waals surface area (Å²) >= 11 is 0. The lowest BCUT2D eigenvalue weighted by Gasteiger charge is -2.06. The Bertz CT molecular complexity index is 245. The van der Waals surface area contributed by atoms with Crippen LogP contribution in [0.2, 0.25) is 0 Å². The third-order valence-electron chi connectivity index (χ3n) is 1.08. The summed E-state index contributed by atoms with van der Waals surface area (Å²) in [4.78, 5) is 0. The van der Waals surface area contributed by atoms with Crippen molar-refractivity contribution in [2.75, 3.05) is 6.61 Å². The molecule has 0 spiro atoms. The van der Waals surface area contributed by atoms with E-state index in [1.807, 2.05) is 6.08 Å². The standard InChI is InChI=1S/C7H6N2O/c8-5-6(9)7-3-1-2-4-10-7/h1-3,9H,4H2. The zero-order valence-corrected chi connectivity index (χ0v) is 5.29. The molecular formula is C7H6N2O. The quantitative estimate of drug-likeness (QED) is 0.544. The van der Waals surface area contributed by atoms with Gasteiger partial charge >= 0.3 is 0 Å². The van der Waals surface area contributed by atoms with Crippen LogP contribution < -0.4 is 0 Å². The average molecular weight is 134 g/mol. The first-order chi connectivity index (χ1) is 4.84. The Labute approximate surface area is 58.7 Å². The molecule has 3 nitrogen and oxygen atoms in total. The molecule has 10 heavy (non-hydrogen) atoms. The number of rotatable bonds is 1. The lowest BCUT2D eigenvalue weighted by atomic mass is 10.3. The number of allylic oxidation sites excluding steroid dienone is 3. The molecule has 0 fully saturated rings. The van der Waals surface area contributed by atoms with Crippen molar-refractivity contribution in [3.8, 4) is 6.07 Å². The second-order valence-electron chi connectivity index (χ2n) is 1.76. The maximum atomic E-state index is 8.27. The van der Waals surface area contributed by atoms with Crippen molar-refractivity contribution >= 4 is 5.71 Å². The molecule has 1 rings (SSSR count). The predicted molar refractivity (Wildman–Crippen MR) is 36.5 cm³/mol. The third-order valence-corrected chi connectivity index (χ3v) is 1.08. The van der Waals surface area contributed by atoms with Crippen molar-refractivity contribution in [2.24, 2.45) is 0 Å². The van der Waals surface area contributed by atoms with Gasteiger partial charge in [-0.25, -0.2) is 0 Å². The Balaban J connectivity index is 2.74.